The van der Waals surface area contributed by atoms with Crippen molar-refractivity contribution in [1.82, 2.24) is 15.1 Å². The van der Waals surface area contributed by atoms with Crippen LogP contribution in [-0.2, 0) is 13.8 Å². The number of alkyl carbamates (subject to hydrolysis) is 1. The Morgan fingerprint density at radius 2 is 1.83 bits per heavy atom. The van der Waals surface area contributed by atoms with Crippen LogP contribution in [0.4, 0.5) is 4.79 Å². The van der Waals surface area contributed by atoms with Crippen molar-refractivity contribution in [3.63, 3.8) is 0 Å². The summed E-state index contributed by atoms with van der Waals surface area (Å²) in [7, 11) is -2.59. The second kappa shape index (κ2) is 11.5. The monoisotopic (exact) mass is 457 g/mol. The largest absolute Gasteiger partial charge is 0.444 e. The van der Waals surface area contributed by atoms with E-state index in [2.05, 4.69) is 27.2 Å². The Hall–Kier alpha value is -1.05. The predicted molar refractivity (Wildman–Crippen MR) is 123 cm³/mol. The molecule has 0 aliphatic carbocycles. The molecule has 0 radical (unpaired) electrons. The predicted octanol–water partition coefficient (Wildman–Crippen LogP) is 4.15. The third kappa shape index (κ3) is 9.40. The van der Waals surface area contributed by atoms with Crippen LogP contribution in [-0.4, -0.2) is 79.1 Å². The lowest BCUT2D eigenvalue weighted by Crippen LogP contribution is -2.57. The van der Waals surface area contributed by atoms with E-state index in [1.807, 2.05) is 45.9 Å². The van der Waals surface area contributed by atoms with Gasteiger partial charge in [0.05, 0.1) is 19.1 Å². The molecule has 1 amide bonds. The Labute approximate surface area is 185 Å². The first-order valence-corrected chi connectivity index (χ1v) is 13.7. The van der Waals surface area contributed by atoms with E-state index in [1.54, 1.807) is 18.4 Å². The zero-order valence-electron chi connectivity index (χ0n) is 18.8. The van der Waals surface area contributed by atoms with Crippen LogP contribution < -0.4 is 5.32 Å². The number of hydrogen-bond acceptors (Lipinski definition) is 7. The molecule has 2 atom stereocenters. The van der Waals surface area contributed by atoms with Gasteiger partial charge in [-0.2, -0.15) is 0 Å². The Morgan fingerprint density at radius 1 is 1.20 bits per heavy atom. The highest BCUT2D eigenvalue weighted by Crippen LogP contribution is 2.42. The number of carbonyl (C=O) groups is 1. The summed E-state index contributed by atoms with van der Waals surface area (Å²) in [5, 5.41) is 3.04. The maximum Gasteiger partial charge on any atom is 0.408 e. The summed E-state index contributed by atoms with van der Waals surface area (Å²) in [6.45, 7) is 12.7. The SMILES string of the molecule is CCOP(C)(=O)CN1CCN(C(CSc2ccccc2)NC(=O)OC(C)(C)C)CC1. The normalized spacial score (nSPS) is 19.1. The lowest BCUT2D eigenvalue weighted by Gasteiger charge is -2.40. The van der Waals surface area contributed by atoms with Gasteiger partial charge in [0.25, 0.3) is 0 Å². The van der Waals surface area contributed by atoms with Crippen molar-refractivity contribution in [1.29, 1.82) is 0 Å². The van der Waals surface area contributed by atoms with Crippen molar-refractivity contribution in [3.05, 3.63) is 30.3 Å². The van der Waals surface area contributed by atoms with Gasteiger partial charge in [-0.3, -0.25) is 14.4 Å². The molecule has 7 nitrogen and oxygen atoms in total. The lowest BCUT2D eigenvalue weighted by molar-refractivity contribution is 0.0380. The van der Waals surface area contributed by atoms with Crippen LogP contribution in [0.3, 0.4) is 0 Å². The molecule has 2 rings (SSSR count). The zero-order chi connectivity index (χ0) is 22.2. The highest BCUT2D eigenvalue weighted by atomic mass is 32.2. The van der Waals surface area contributed by atoms with Crippen molar-refractivity contribution in [3.8, 4) is 0 Å². The van der Waals surface area contributed by atoms with Gasteiger partial charge in [0, 0.05) is 43.5 Å². The van der Waals surface area contributed by atoms with Gasteiger partial charge in [-0.15, -0.1) is 11.8 Å². The number of nitrogens with one attached hydrogen (secondary N) is 1. The summed E-state index contributed by atoms with van der Waals surface area (Å²) < 4.78 is 23.4. The second-order valence-electron chi connectivity index (χ2n) is 8.51. The fourth-order valence-electron chi connectivity index (χ4n) is 3.27. The molecule has 1 N–H and O–H groups in total. The average molecular weight is 458 g/mol. The summed E-state index contributed by atoms with van der Waals surface area (Å²) in [5.41, 5.74) is -0.540. The van der Waals surface area contributed by atoms with Crippen LogP contribution in [0.1, 0.15) is 27.7 Å². The summed E-state index contributed by atoms with van der Waals surface area (Å²) in [6, 6.07) is 10.2. The first-order valence-electron chi connectivity index (χ1n) is 10.4. The highest BCUT2D eigenvalue weighted by molar-refractivity contribution is 7.99. The quantitative estimate of drug-likeness (QED) is 0.441. The molecule has 0 spiro atoms. The molecule has 170 valence electrons. The molecular weight excluding hydrogens is 421 g/mol. The Balaban J connectivity index is 1.96. The smallest absolute Gasteiger partial charge is 0.408 e. The van der Waals surface area contributed by atoms with Gasteiger partial charge in [-0.25, -0.2) is 4.79 Å². The Kier molecular flexibility index (Phi) is 9.69. The van der Waals surface area contributed by atoms with Crippen molar-refractivity contribution in [2.24, 2.45) is 0 Å². The fourth-order valence-corrected chi connectivity index (χ4v) is 5.90. The van der Waals surface area contributed by atoms with Crippen molar-refractivity contribution >= 4 is 25.2 Å². The van der Waals surface area contributed by atoms with Gasteiger partial charge in [0.15, 0.2) is 0 Å². The minimum Gasteiger partial charge on any atom is -0.444 e. The van der Waals surface area contributed by atoms with E-state index in [-0.39, 0.29) is 6.17 Å². The zero-order valence-corrected chi connectivity index (χ0v) is 20.5. The van der Waals surface area contributed by atoms with Crippen LogP contribution in [0.2, 0.25) is 0 Å². The summed E-state index contributed by atoms with van der Waals surface area (Å²) >= 11 is 1.71. The van der Waals surface area contributed by atoms with Gasteiger partial charge in [0.2, 0.25) is 7.37 Å². The molecule has 1 heterocycles. The maximum absolute atomic E-state index is 12.5. The van der Waals surface area contributed by atoms with Crippen LogP contribution in [0.5, 0.6) is 0 Å². The fraction of sp³-hybridized carbons (Fsp3) is 0.667. The van der Waals surface area contributed by atoms with E-state index < -0.39 is 19.1 Å². The minimum absolute atomic E-state index is 0.146. The van der Waals surface area contributed by atoms with Gasteiger partial charge in [0.1, 0.15) is 5.60 Å². The van der Waals surface area contributed by atoms with Gasteiger partial charge >= 0.3 is 6.09 Å². The molecule has 9 heteroatoms. The van der Waals surface area contributed by atoms with E-state index in [1.165, 1.54) is 0 Å². The van der Waals surface area contributed by atoms with E-state index >= 15 is 0 Å². The number of carbonyl (C=O) groups excluding carboxylic acids is 1. The molecule has 2 unspecified atom stereocenters. The molecular formula is C21H36N3O4PS. The summed E-state index contributed by atoms with van der Waals surface area (Å²) in [5.74, 6) is 0.717. The topological polar surface area (TPSA) is 71.1 Å². The number of rotatable bonds is 9. The van der Waals surface area contributed by atoms with Gasteiger partial charge in [-0.1, -0.05) is 18.2 Å². The number of ether oxygens (including phenoxy) is 1. The first kappa shape index (κ1) is 25.2. The molecule has 1 fully saturated rings. The molecule has 1 aliphatic heterocycles. The minimum atomic E-state index is -2.59. The Morgan fingerprint density at radius 3 is 2.40 bits per heavy atom. The van der Waals surface area contributed by atoms with Crippen LogP contribution in [0, 0.1) is 0 Å². The number of piperazine rings is 1. The summed E-state index contributed by atoms with van der Waals surface area (Å²) in [4.78, 5) is 18.0. The molecule has 0 saturated carbocycles. The molecule has 0 aromatic heterocycles. The van der Waals surface area contributed by atoms with Crippen molar-refractivity contribution in [2.75, 3.05) is 51.5 Å². The van der Waals surface area contributed by atoms with Gasteiger partial charge in [-0.05, 0) is 39.8 Å². The van der Waals surface area contributed by atoms with E-state index in [0.29, 0.717) is 18.6 Å². The van der Waals surface area contributed by atoms with Crippen molar-refractivity contribution < 1.29 is 18.6 Å². The number of nitrogens with zero attached hydrogens (tertiary/aromatic N) is 2. The maximum atomic E-state index is 12.5. The van der Waals surface area contributed by atoms with Crippen LogP contribution in [0.15, 0.2) is 35.2 Å². The summed E-state index contributed by atoms with van der Waals surface area (Å²) in [6.07, 6.45) is -0.0806. The molecule has 0 bridgehead atoms. The van der Waals surface area contributed by atoms with E-state index in [9.17, 15) is 9.36 Å². The number of thioether (sulfide) groups is 1. The van der Waals surface area contributed by atoms with Crippen LogP contribution >= 0.6 is 19.1 Å². The van der Waals surface area contributed by atoms with Gasteiger partial charge < -0.3 is 14.6 Å². The third-order valence-corrected chi connectivity index (χ3v) is 7.35. The number of amides is 1. The van der Waals surface area contributed by atoms with E-state index in [0.717, 1.165) is 31.1 Å². The Bertz CT molecular complexity index is 706. The molecule has 1 aliphatic rings. The molecule has 30 heavy (non-hydrogen) atoms. The van der Waals surface area contributed by atoms with Crippen LogP contribution in [0.25, 0.3) is 0 Å². The second-order valence-corrected chi connectivity index (χ2v) is 12.2. The third-order valence-electron chi connectivity index (χ3n) is 4.54. The standard InChI is InChI=1S/C21H36N3O4PS/c1-6-27-29(5,26)17-23-12-14-24(15-13-23)19(22-20(25)28-21(2,3)4)16-30-18-10-8-7-9-11-18/h7-11,19H,6,12-17H2,1-5H3,(H,22,25). The average Bonchev–Trinajstić information content (AvgIpc) is 2.65. The number of benzene rings is 1. The molecule has 1 aromatic rings. The number of hydrogen-bond donors (Lipinski definition) is 1. The van der Waals surface area contributed by atoms with Crippen molar-refractivity contribution in [2.45, 2.75) is 44.4 Å². The highest BCUT2D eigenvalue weighted by Gasteiger charge is 2.29. The lowest BCUT2D eigenvalue weighted by atomic mass is 10.2. The molecule has 1 saturated heterocycles. The molecule has 1 aromatic carbocycles. The first-order chi connectivity index (χ1) is 14.1. The van der Waals surface area contributed by atoms with E-state index in [4.69, 9.17) is 9.26 Å².